The van der Waals surface area contributed by atoms with Crippen molar-refractivity contribution in [1.29, 1.82) is 0 Å². The van der Waals surface area contributed by atoms with Crippen LogP contribution in [0.25, 0.3) is 0 Å². The van der Waals surface area contributed by atoms with Gasteiger partial charge in [-0.3, -0.25) is 4.98 Å². The molecule has 2 aromatic heterocycles. The van der Waals surface area contributed by atoms with Crippen LogP contribution >= 0.6 is 23.6 Å². The van der Waals surface area contributed by atoms with Crippen LogP contribution in [-0.4, -0.2) is 18.4 Å². The number of pyridine rings is 1. The molecule has 3 N–H and O–H groups in total. The molecule has 2 rings (SSSR count). The van der Waals surface area contributed by atoms with Crippen LogP contribution in [0.4, 0.5) is 0 Å². The lowest BCUT2D eigenvalue weighted by atomic mass is 10.1. The van der Waals surface area contributed by atoms with E-state index in [0.29, 0.717) is 4.88 Å². The Balaban J connectivity index is 2.16. The summed E-state index contributed by atoms with van der Waals surface area (Å²) in [6.45, 7) is 2.16. The van der Waals surface area contributed by atoms with Gasteiger partial charge >= 0.3 is 0 Å². The molecule has 0 amide bonds. The molecule has 112 valence electrons. The van der Waals surface area contributed by atoms with Crippen LogP contribution in [0.5, 0.6) is 0 Å². The van der Waals surface area contributed by atoms with Gasteiger partial charge in [0.1, 0.15) is 9.20 Å². The van der Waals surface area contributed by atoms with Crippen molar-refractivity contribution in [2.45, 2.75) is 24.1 Å². The lowest BCUT2D eigenvalue weighted by Crippen LogP contribution is -2.23. The maximum atomic E-state index is 12.2. The van der Waals surface area contributed by atoms with E-state index in [2.05, 4.69) is 9.71 Å². The third-order valence-corrected chi connectivity index (χ3v) is 6.24. The van der Waals surface area contributed by atoms with E-state index in [0.717, 1.165) is 29.0 Å². The number of nitrogens with one attached hydrogen (secondary N) is 1. The standard InChI is InChI=1S/C13H15N3O2S3/c1-2-9-4-3-7-15-10(9)8-16-21(17,18)12-6-5-11(20-12)13(14)19/h3-7,16H,2,8H2,1H3,(H2,14,19). The predicted octanol–water partition coefficient (Wildman–Crippen LogP) is 1.82. The number of thiocarbonyl (C=S) groups is 1. The maximum Gasteiger partial charge on any atom is 0.250 e. The molecule has 0 fully saturated rings. The lowest BCUT2D eigenvalue weighted by molar-refractivity contribution is 0.582. The Morgan fingerprint density at radius 3 is 2.81 bits per heavy atom. The minimum Gasteiger partial charge on any atom is -0.389 e. The second-order valence-electron chi connectivity index (χ2n) is 4.27. The first-order valence-corrected chi connectivity index (χ1v) is 8.97. The molecule has 8 heteroatoms. The number of hydrogen-bond acceptors (Lipinski definition) is 5. The molecule has 0 aromatic carbocycles. The van der Waals surface area contributed by atoms with Crippen LogP contribution in [0.15, 0.2) is 34.7 Å². The highest BCUT2D eigenvalue weighted by Gasteiger charge is 2.18. The number of hydrogen-bond donors (Lipinski definition) is 2. The molecular formula is C13H15N3O2S3. The molecule has 0 atom stereocenters. The van der Waals surface area contributed by atoms with E-state index in [1.807, 2.05) is 19.1 Å². The van der Waals surface area contributed by atoms with Gasteiger partial charge in [0, 0.05) is 6.20 Å². The summed E-state index contributed by atoms with van der Waals surface area (Å²) in [6.07, 6.45) is 2.45. The van der Waals surface area contributed by atoms with Crippen molar-refractivity contribution in [2.24, 2.45) is 5.73 Å². The van der Waals surface area contributed by atoms with Crippen LogP contribution in [-0.2, 0) is 23.0 Å². The van der Waals surface area contributed by atoms with Crippen LogP contribution in [0, 0.1) is 0 Å². The van der Waals surface area contributed by atoms with Crippen molar-refractivity contribution >= 4 is 38.6 Å². The Labute approximate surface area is 133 Å². The number of aromatic nitrogens is 1. The van der Waals surface area contributed by atoms with Crippen molar-refractivity contribution in [1.82, 2.24) is 9.71 Å². The van der Waals surface area contributed by atoms with Crippen molar-refractivity contribution in [3.63, 3.8) is 0 Å². The first-order chi connectivity index (χ1) is 9.94. The van der Waals surface area contributed by atoms with E-state index in [1.54, 1.807) is 12.3 Å². The fraction of sp³-hybridized carbons (Fsp3) is 0.231. The number of aryl methyl sites for hydroxylation is 1. The van der Waals surface area contributed by atoms with Gasteiger partial charge < -0.3 is 5.73 Å². The lowest BCUT2D eigenvalue weighted by Gasteiger charge is -2.07. The third kappa shape index (κ3) is 3.85. The van der Waals surface area contributed by atoms with Crippen LogP contribution in [0.2, 0.25) is 0 Å². The Bertz CT molecular complexity index is 754. The van der Waals surface area contributed by atoms with E-state index in [-0.39, 0.29) is 15.7 Å². The first kappa shape index (κ1) is 16.0. The minimum atomic E-state index is -3.58. The molecule has 0 radical (unpaired) electrons. The molecule has 0 unspecified atom stereocenters. The van der Waals surface area contributed by atoms with Gasteiger partial charge in [-0.2, -0.15) is 0 Å². The number of nitrogens with two attached hydrogens (primary N) is 1. The molecule has 0 aliphatic heterocycles. The zero-order valence-corrected chi connectivity index (χ0v) is 13.8. The van der Waals surface area contributed by atoms with Gasteiger partial charge in [-0.1, -0.05) is 25.2 Å². The number of sulfonamides is 1. The zero-order chi connectivity index (χ0) is 15.5. The van der Waals surface area contributed by atoms with Gasteiger partial charge in [0.2, 0.25) is 10.0 Å². The highest BCUT2D eigenvalue weighted by Crippen LogP contribution is 2.21. The fourth-order valence-corrected chi connectivity index (χ4v) is 4.17. The highest BCUT2D eigenvalue weighted by molar-refractivity contribution is 7.91. The quantitative estimate of drug-likeness (QED) is 0.783. The molecule has 5 nitrogen and oxygen atoms in total. The van der Waals surface area contributed by atoms with Crippen molar-refractivity contribution < 1.29 is 8.42 Å². The summed E-state index contributed by atoms with van der Waals surface area (Å²) >= 11 is 5.89. The molecule has 21 heavy (non-hydrogen) atoms. The Morgan fingerprint density at radius 1 is 1.43 bits per heavy atom. The van der Waals surface area contributed by atoms with E-state index in [1.165, 1.54) is 6.07 Å². The largest absolute Gasteiger partial charge is 0.389 e. The van der Waals surface area contributed by atoms with E-state index >= 15 is 0 Å². The summed E-state index contributed by atoms with van der Waals surface area (Å²) in [7, 11) is -3.58. The molecule has 0 aliphatic rings. The Kier molecular flexibility index (Phi) is 5.04. The summed E-state index contributed by atoms with van der Waals surface area (Å²) in [5.74, 6) is 0. The van der Waals surface area contributed by atoms with Crippen molar-refractivity contribution in [2.75, 3.05) is 0 Å². The molecule has 0 saturated heterocycles. The topological polar surface area (TPSA) is 85.1 Å². The van der Waals surface area contributed by atoms with Gasteiger partial charge in [0.05, 0.1) is 17.1 Å². The highest BCUT2D eigenvalue weighted by atomic mass is 32.2. The second-order valence-corrected chi connectivity index (χ2v) is 7.79. The predicted molar refractivity (Wildman–Crippen MR) is 87.8 cm³/mol. The zero-order valence-electron chi connectivity index (χ0n) is 11.4. The summed E-state index contributed by atoms with van der Waals surface area (Å²) < 4.78 is 27.2. The van der Waals surface area contributed by atoms with Crippen molar-refractivity contribution in [3.8, 4) is 0 Å². The van der Waals surface area contributed by atoms with Gasteiger partial charge in [-0.05, 0) is 30.2 Å². The summed E-state index contributed by atoms with van der Waals surface area (Å²) in [6, 6.07) is 6.89. The molecule has 0 saturated carbocycles. The fourth-order valence-electron chi connectivity index (χ4n) is 1.78. The maximum absolute atomic E-state index is 12.2. The van der Waals surface area contributed by atoms with Gasteiger partial charge in [-0.15, -0.1) is 11.3 Å². The molecular weight excluding hydrogens is 326 g/mol. The van der Waals surface area contributed by atoms with Crippen LogP contribution < -0.4 is 10.5 Å². The summed E-state index contributed by atoms with van der Waals surface area (Å²) in [4.78, 5) is 4.99. The molecule has 2 aromatic rings. The summed E-state index contributed by atoms with van der Waals surface area (Å²) in [5.41, 5.74) is 7.24. The molecule has 0 bridgehead atoms. The normalized spacial score (nSPS) is 11.5. The molecule has 2 heterocycles. The van der Waals surface area contributed by atoms with Crippen molar-refractivity contribution in [3.05, 3.63) is 46.6 Å². The Hall–Kier alpha value is -1.35. The molecule has 0 aliphatic carbocycles. The Morgan fingerprint density at radius 2 is 2.19 bits per heavy atom. The SMILES string of the molecule is CCc1cccnc1CNS(=O)(=O)c1ccc(C(N)=S)s1. The first-order valence-electron chi connectivity index (χ1n) is 6.26. The van der Waals surface area contributed by atoms with Crippen LogP contribution in [0.3, 0.4) is 0 Å². The monoisotopic (exact) mass is 341 g/mol. The number of thiophene rings is 1. The second kappa shape index (κ2) is 6.61. The van der Waals surface area contributed by atoms with E-state index < -0.39 is 10.0 Å². The van der Waals surface area contributed by atoms with Crippen LogP contribution in [0.1, 0.15) is 23.1 Å². The van der Waals surface area contributed by atoms with E-state index in [9.17, 15) is 8.42 Å². The van der Waals surface area contributed by atoms with Gasteiger partial charge in [0.25, 0.3) is 0 Å². The number of nitrogens with zero attached hydrogens (tertiary/aromatic N) is 1. The van der Waals surface area contributed by atoms with Gasteiger partial charge in [-0.25, -0.2) is 13.1 Å². The smallest absolute Gasteiger partial charge is 0.250 e. The number of rotatable bonds is 6. The van der Waals surface area contributed by atoms with E-state index in [4.69, 9.17) is 18.0 Å². The summed E-state index contributed by atoms with van der Waals surface area (Å²) in [5, 5.41) is 0. The minimum absolute atomic E-state index is 0.159. The third-order valence-electron chi connectivity index (χ3n) is 2.88. The molecule has 0 spiro atoms. The van der Waals surface area contributed by atoms with Gasteiger partial charge in [0.15, 0.2) is 0 Å². The average molecular weight is 341 g/mol. The average Bonchev–Trinajstić information content (AvgIpc) is 2.96.